The lowest BCUT2D eigenvalue weighted by Gasteiger charge is -2.09. The average Bonchev–Trinajstić information content (AvgIpc) is 3.08. The highest BCUT2D eigenvalue weighted by molar-refractivity contribution is 9.10. The van der Waals surface area contributed by atoms with Crippen molar-refractivity contribution in [2.75, 3.05) is 21.0 Å². The topological polar surface area (TPSA) is 78.4 Å². The molecular weight excluding hydrogens is 404 g/mol. The predicted molar refractivity (Wildman–Crippen MR) is 99.3 cm³/mol. The van der Waals surface area contributed by atoms with E-state index in [-0.39, 0.29) is 19.1 Å². The smallest absolute Gasteiger partial charge is 0.244 e. The van der Waals surface area contributed by atoms with Crippen molar-refractivity contribution < 1.29 is 23.7 Å². The van der Waals surface area contributed by atoms with Crippen molar-refractivity contribution in [1.29, 1.82) is 0 Å². The quantitative estimate of drug-likeness (QED) is 0.574. The van der Waals surface area contributed by atoms with Crippen LogP contribution in [0.15, 0.2) is 39.9 Å². The maximum absolute atomic E-state index is 12.1. The molecule has 7 nitrogen and oxygen atoms in total. The van der Waals surface area contributed by atoms with Gasteiger partial charge in [-0.1, -0.05) is 6.07 Å². The molecule has 0 radical (unpaired) electrons. The third kappa shape index (κ3) is 4.08. The molecule has 26 heavy (non-hydrogen) atoms. The number of halogens is 1. The average molecular weight is 421 g/mol. The van der Waals surface area contributed by atoms with Crippen LogP contribution in [0.5, 0.6) is 23.0 Å². The van der Waals surface area contributed by atoms with Crippen LogP contribution in [0.1, 0.15) is 11.1 Å². The van der Waals surface area contributed by atoms with E-state index in [1.165, 1.54) is 0 Å². The van der Waals surface area contributed by atoms with E-state index in [4.69, 9.17) is 18.9 Å². The van der Waals surface area contributed by atoms with Gasteiger partial charge < -0.3 is 18.9 Å². The zero-order valence-corrected chi connectivity index (χ0v) is 15.8. The molecule has 1 heterocycles. The third-order valence-electron chi connectivity index (χ3n) is 3.70. The summed E-state index contributed by atoms with van der Waals surface area (Å²) in [7, 11) is 3.11. The van der Waals surface area contributed by atoms with E-state index < -0.39 is 0 Å². The van der Waals surface area contributed by atoms with Gasteiger partial charge in [0.1, 0.15) is 0 Å². The SMILES string of the molecule is COc1ccc(CC(=O)NN=Cc2cc3c(cc2Br)OCO3)cc1OC. The van der Waals surface area contributed by atoms with E-state index in [2.05, 4.69) is 26.5 Å². The van der Waals surface area contributed by atoms with E-state index in [9.17, 15) is 4.79 Å². The monoisotopic (exact) mass is 420 g/mol. The van der Waals surface area contributed by atoms with Gasteiger partial charge in [0.2, 0.25) is 12.7 Å². The van der Waals surface area contributed by atoms with Crippen LogP contribution in [0.4, 0.5) is 0 Å². The number of ether oxygens (including phenoxy) is 4. The first kappa shape index (κ1) is 18.1. The van der Waals surface area contributed by atoms with Gasteiger partial charge in [-0.2, -0.15) is 5.10 Å². The van der Waals surface area contributed by atoms with Crippen LogP contribution in [0.25, 0.3) is 0 Å². The first-order chi connectivity index (χ1) is 12.6. The molecule has 3 rings (SSSR count). The Balaban J connectivity index is 1.62. The summed E-state index contributed by atoms with van der Waals surface area (Å²) in [5, 5.41) is 3.99. The molecule has 0 spiro atoms. The van der Waals surface area contributed by atoms with Crippen LogP contribution in [0.3, 0.4) is 0 Å². The molecule has 0 fully saturated rings. The van der Waals surface area contributed by atoms with E-state index in [1.807, 2.05) is 0 Å². The minimum absolute atomic E-state index is 0.167. The number of nitrogens with one attached hydrogen (secondary N) is 1. The minimum Gasteiger partial charge on any atom is -0.493 e. The van der Waals surface area contributed by atoms with Gasteiger partial charge in [-0.15, -0.1) is 0 Å². The summed E-state index contributed by atoms with van der Waals surface area (Å²) in [6.07, 6.45) is 1.71. The molecule has 0 bridgehead atoms. The van der Waals surface area contributed by atoms with Gasteiger partial charge >= 0.3 is 0 Å². The maximum Gasteiger partial charge on any atom is 0.244 e. The number of fused-ring (bicyclic) bond motifs is 1. The number of nitrogens with zero attached hydrogens (tertiary/aromatic N) is 1. The molecule has 1 amide bonds. The van der Waals surface area contributed by atoms with Gasteiger partial charge in [-0.25, -0.2) is 5.43 Å². The first-order valence-corrected chi connectivity index (χ1v) is 8.52. The Morgan fingerprint density at radius 2 is 1.92 bits per heavy atom. The second-order valence-corrected chi connectivity index (χ2v) is 6.24. The minimum atomic E-state index is -0.245. The molecular formula is C18H17BrN2O5. The summed E-state index contributed by atoms with van der Waals surface area (Å²) in [5.74, 6) is 2.26. The number of amides is 1. The van der Waals surface area contributed by atoms with Crippen LogP contribution in [0.2, 0.25) is 0 Å². The fourth-order valence-corrected chi connectivity index (χ4v) is 2.85. The fraction of sp³-hybridized carbons (Fsp3) is 0.222. The molecule has 0 aromatic heterocycles. The van der Waals surface area contributed by atoms with Gasteiger partial charge in [-0.05, 0) is 45.8 Å². The Morgan fingerprint density at radius 3 is 2.65 bits per heavy atom. The number of methoxy groups -OCH3 is 2. The van der Waals surface area contributed by atoms with Crippen molar-refractivity contribution in [2.24, 2.45) is 5.10 Å². The molecule has 1 aliphatic heterocycles. The lowest BCUT2D eigenvalue weighted by atomic mass is 10.1. The highest BCUT2D eigenvalue weighted by Crippen LogP contribution is 2.36. The molecule has 0 saturated carbocycles. The number of hydrogen-bond acceptors (Lipinski definition) is 6. The van der Waals surface area contributed by atoms with Gasteiger partial charge in [0.15, 0.2) is 23.0 Å². The summed E-state index contributed by atoms with van der Waals surface area (Å²) >= 11 is 3.44. The summed E-state index contributed by atoms with van der Waals surface area (Å²) in [4.78, 5) is 12.1. The van der Waals surface area contributed by atoms with Gasteiger partial charge in [-0.3, -0.25) is 4.79 Å². The zero-order chi connectivity index (χ0) is 18.5. The number of hydrogen-bond donors (Lipinski definition) is 1. The highest BCUT2D eigenvalue weighted by Gasteiger charge is 2.15. The Bertz CT molecular complexity index is 854. The molecule has 136 valence electrons. The van der Waals surface area contributed by atoms with Crippen molar-refractivity contribution in [3.05, 3.63) is 45.9 Å². The number of hydrazone groups is 1. The summed E-state index contributed by atoms with van der Waals surface area (Å²) in [6, 6.07) is 8.91. The normalized spacial score (nSPS) is 12.3. The van der Waals surface area contributed by atoms with Crippen molar-refractivity contribution in [3.8, 4) is 23.0 Å². The first-order valence-electron chi connectivity index (χ1n) is 7.72. The van der Waals surface area contributed by atoms with Crippen molar-refractivity contribution in [2.45, 2.75) is 6.42 Å². The van der Waals surface area contributed by atoms with Crippen LogP contribution in [-0.2, 0) is 11.2 Å². The van der Waals surface area contributed by atoms with Crippen LogP contribution in [0, 0.1) is 0 Å². The lowest BCUT2D eigenvalue weighted by Crippen LogP contribution is -2.19. The van der Waals surface area contributed by atoms with Gasteiger partial charge in [0.05, 0.1) is 26.9 Å². The number of benzene rings is 2. The molecule has 0 atom stereocenters. The molecule has 0 unspecified atom stereocenters. The maximum atomic E-state index is 12.1. The largest absolute Gasteiger partial charge is 0.493 e. The zero-order valence-electron chi connectivity index (χ0n) is 14.2. The number of carbonyl (C=O) groups excluding carboxylic acids is 1. The highest BCUT2D eigenvalue weighted by atomic mass is 79.9. The molecule has 2 aromatic rings. The Morgan fingerprint density at radius 1 is 1.19 bits per heavy atom. The summed E-state index contributed by atoms with van der Waals surface area (Å²) in [6.45, 7) is 0.199. The number of rotatable bonds is 6. The van der Waals surface area contributed by atoms with E-state index in [0.29, 0.717) is 23.0 Å². The second-order valence-electron chi connectivity index (χ2n) is 5.39. The van der Waals surface area contributed by atoms with Crippen molar-refractivity contribution >= 4 is 28.1 Å². The second kappa shape index (κ2) is 8.09. The van der Waals surface area contributed by atoms with Crippen LogP contribution >= 0.6 is 15.9 Å². The molecule has 8 heteroatoms. The Kier molecular flexibility index (Phi) is 5.62. The molecule has 0 saturated heterocycles. The third-order valence-corrected chi connectivity index (χ3v) is 4.38. The molecule has 2 aromatic carbocycles. The fourth-order valence-electron chi connectivity index (χ4n) is 2.42. The van der Waals surface area contributed by atoms with Crippen molar-refractivity contribution in [3.63, 3.8) is 0 Å². The molecule has 0 aliphatic carbocycles. The summed E-state index contributed by atoms with van der Waals surface area (Å²) in [5.41, 5.74) is 4.06. The predicted octanol–water partition coefficient (Wildman–Crippen LogP) is 2.89. The molecule has 1 N–H and O–H groups in total. The van der Waals surface area contributed by atoms with Crippen molar-refractivity contribution in [1.82, 2.24) is 5.43 Å². The van der Waals surface area contributed by atoms with E-state index >= 15 is 0 Å². The lowest BCUT2D eigenvalue weighted by molar-refractivity contribution is -0.120. The van der Waals surface area contributed by atoms with Gasteiger partial charge in [0, 0.05) is 10.0 Å². The number of carbonyl (C=O) groups is 1. The van der Waals surface area contributed by atoms with Gasteiger partial charge in [0.25, 0.3) is 0 Å². The standard InChI is InChI=1S/C18H17BrN2O5/c1-23-14-4-3-11(5-15(14)24-2)6-18(22)21-20-9-12-7-16-17(8-13(12)19)26-10-25-16/h3-5,7-9H,6,10H2,1-2H3,(H,21,22). The Hall–Kier alpha value is -2.74. The van der Waals surface area contributed by atoms with Crippen LogP contribution < -0.4 is 24.4 Å². The summed E-state index contributed by atoms with van der Waals surface area (Å²) < 4.78 is 21.8. The van der Waals surface area contributed by atoms with E-state index in [0.717, 1.165) is 15.6 Å². The van der Waals surface area contributed by atoms with E-state index in [1.54, 1.807) is 50.8 Å². The van der Waals surface area contributed by atoms with Crippen LogP contribution in [-0.4, -0.2) is 33.1 Å². The Labute approximate surface area is 159 Å². The molecule has 1 aliphatic rings.